The Hall–Kier alpha value is -3.82. The average molecular weight is 387 g/mol. The summed E-state index contributed by atoms with van der Waals surface area (Å²) in [6, 6.07) is 10.5. The molecule has 0 saturated carbocycles. The molecular weight excluding hydrogens is 370 g/mol. The summed E-state index contributed by atoms with van der Waals surface area (Å²) < 4.78 is 4.91. The SMILES string of the molecule is CCOC(=O)C[C@H](NC(=O)c1cc([N+](=O)[O-])cc([N+](=O)[O-])c1)c1ccccc1. The minimum atomic E-state index is -0.822. The van der Waals surface area contributed by atoms with Crippen LogP contribution in [0.3, 0.4) is 0 Å². The van der Waals surface area contributed by atoms with Gasteiger partial charge in [-0.1, -0.05) is 30.3 Å². The molecule has 28 heavy (non-hydrogen) atoms. The number of non-ortho nitro benzene ring substituents is 2. The van der Waals surface area contributed by atoms with Crippen molar-refractivity contribution in [1.82, 2.24) is 5.32 Å². The molecule has 0 aliphatic rings. The van der Waals surface area contributed by atoms with E-state index in [-0.39, 0.29) is 18.6 Å². The van der Waals surface area contributed by atoms with Crippen LogP contribution in [0.2, 0.25) is 0 Å². The second kappa shape index (κ2) is 9.21. The molecule has 0 fully saturated rings. The van der Waals surface area contributed by atoms with Crippen LogP contribution in [0.4, 0.5) is 11.4 Å². The third kappa shape index (κ3) is 5.34. The molecule has 0 unspecified atom stereocenters. The van der Waals surface area contributed by atoms with Gasteiger partial charge < -0.3 is 10.1 Å². The van der Waals surface area contributed by atoms with E-state index >= 15 is 0 Å². The monoisotopic (exact) mass is 387 g/mol. The molecule has 0 aromatic heterocycles. The molecular formula is C18H17N3O7. The highest BCUT2D eigenvalue weighted by Gasteiger charge is 2.23. The van der Waals surface area contributed by atoms with Gasteiger partial charge in [0, 0.05) is 12.1 Å². The maximum absolute atomic E-state index is 12.6. The number of amides is 1. The van der Waals surface area contributed by atoms with Crippen LogP contribution in [-0.4, -0.2) is 28.3 Å². The molecule has 1 N–H and O–H groups in total. The maximum Gasteiger partial charge on any atom is 0.308 e. The van der Waals surface area contributed by atoms with Gasteiger partial charge in [-0.05, 0) is 12.5 Å². The Morgan fingerprint density at radius 3 is 2.11 bits per heavy atom. The fourth-order valence-corrected chi connectivity index (χ4v) is 2.50. The van der Waals surface area contributed by atoms with E-state index in [0.29, 0.717) is 5.56 Å². The van der Waals surface area contributed by atoms with Crippen molar-refractivity contribution in [2.24, 2.45) is 0 Å². The van der Waals surface area contributed by atoms with E-state index in [2.05, 4.69) is 5.32 Å². The van der Waals surface area contributed by atoms with Crippen LogP contribution in [0.5, 0.6) is 0 Å². The van der Waals surface area contributed by atoms with Crippen LogP contribution >= 0.6 is 0 Å². The molecule has 10 heteroatoms. The molecule has 0 saturated heterocycles. The van der Waals surface area contributed by atoms with E-state index in [4.69, 9.17) is 4.74 Å². The fraction of sp³-hybridized carbons (Fsp3) is 0.222. The van der Waals surface area contributed by atoms with Crippen molar-refractivity contribution in [2.45, 2.75) is 19.4 Å². The van der Waals surface area contributed by atoms with Crippen LogP contribution in [0.15, 0.2) is 48.5 Å². The molecule has 0 spiro atoms. The van der Waals surface area contributed by atoms with Crippen molar-refractivity contribution in [3.05, 3.63) is 79.9 Å². The molecule has 0 heterocycles. The number of esters is 1. The predicted octanol–water partition coefficient (Wildman–Crippen LogP) is 2.93. The minimum absolute atomic E-state index is 0.166. The van der Waals surface area contributed by atoms with Crippen LogP contribution in [0.25, 0.3) is 0 Å². The molecule has 10 nitrogen and oxygen atoms in total. The van der Waals surface area contributed by atoms with E-state index in [0.717, 1.165) is 18.2 Å². The highest BCUT2D eigenvalue weighted by Crippen LogP contribution is 2.24. The molecule has 2 aromatic rings. The van der Waals surface area contributed by atoms with Crippen molar-refractivity contribution >= 4 is 23.3 Å². The van der Waals surface area contributed by atoms with Gasteiger partial charge in [-0.15, -0.1) is 0 Å². The molecule has 0 bridgehead atoms. The van der Waals surface area contributed by atoms with Crippen molar-refractivity contribution in [3.63, 3.8) is 0 Å². The van der Waals surface area contributed by atoms with Gasteiger partial charge in [-0.25, -0.2) is 0 Å². The van der Waals surface area contributed by atoms with E-state index in [1.807, 2.05) is 0 Å². The van der Waals surface area contributed by atoms with Gasteiger partial charge in [0.15, 0.2) is 0 Å². The highest BCUT2D eigenvalue weighted by molar-refractivity contribution is 5.96. The van der Waals surface area contributed by atoms with Crippen LogP contribution in [-0.2, 0) is 9.53 Å². The molecule has 2 rings (SSSR count). The van der Waals surface area contributed by atoms with Gasteiger partial charge in [-0.2, -0.15) is 0 Å². The van der Waals surface area contributed by atoms with Crippen LogP contribution < -0.4 is 5.32 Å². The Morgan fingerprint density at radius 1 is 1.04 bits per heavy atom. The van der Waals surface area contributed by atoms with Gasteiger partial charge in [-0.3, -0.25) is 29.8 Å². The molecule has 146 valence electrons. The number of carbonyl (C=O) groups is 2. The zero-order valence-corrected chi connectivity index (χ0v) is 14.9. The number of carbonyl (C=O) groups excluding carboxylic acids is 2. The largest absolute Gasteiger partial charge is 0.466 e. The summed E-state index contributed by atoms with van der Waals surface area (Å²) in [6.45, 7) is 1.82. The number of nitro benzene ring substituents is 2. The number of ether oxygens (including phenoxy) is 1. The van der Waals surface area contributed by atoms with Gasteiger partial charge in [0.25, 0.3) is 17.3 Å². The molecule has 1 amide bonds. The molecule has 0 radical (unpaired) electrons. The topological polar surface area (TPSA) is 142 Å². The standard InChI is InChI=1S/C18H17N3O7/c1-2-28-17(22)11-16(12-6-4-3-5-7-12)19-18(23)13-8-14(20(24)25)10-15(9-13)21(26)27/h3-10,16H,2,11H2,1H3,(H,19,23)/t16-/m0/s1. The summed E-state index contributed by atoms with van der Waals surface area (Å²) in [6.07, 6.45) is -0.166. The molecule has 0 aliphatic carbocycles. The quantitative estimate of drug-likeness (QED) is 0.417. The maximum atomic E-state index is 12.6. The van der Waals surface area contributed by atoms with Crippen molar-refractivity contribution in [3.8, 4) is 0 Å². The molecule has 1 atom stereocenters. The first-order valence-corrected chi connectivity index (χ1v) is 8.27. The summed E-state index contributed by atoms with van der Waals surface area (Å²) in [5.74, 6) is -1.33. The number of nitrogens with zero attached hydrogens (tertiary/aromatic N) is 2. The normalized spacial score (nSPS) is 11.3. The Balaban J connectivity index is 2.33. The lowest BCUT2D eigenvalue weighted by Gasteiger charge is -2.18. The predicted molar refractivity (Wildman–Crippen MR) is 97.6 cm³/mol. The van der Waals surface area contributed by atoms with E-state index in [1.165, 1.54) is 0 Å². The fourth-order valence-electron chi connectivity index (χ4n) is 2.50. The van der Waals surface area contributed by atoms with E-state index in [1.54, 1.807) is 37.3 Å². The lowest BCUT2D eigenvalue weighted by molar-refractivity contribution is -0.394. The van der Waals surface area contributed by atoms with Gasteiger partial charge in [0.2, 0.25) is 0 Å². The van der Waals surface area contributed by atoms with Gasteiger partial charge in [0.1, 0.15) is 0 Å². The second-order valence-electron chi connectivity index (χ2n) is 5.70. The number of rotatable bonds is 8. The zero-order valence-electron chi connectivity index (χ0n) is 14.9. The Bertz CT molecular complexity index is 867. The first kappa shape index (κ1) is 20.5. The summed E-state index contributed by atoms with van der Waals surface area (Å²) in [7, 11) is 0. The summed E-state index contributed by atoms with van der Waals surface area (Å²) in [5, 5.41) is 24.6. The smallest absolute Gasteiger partial charge is 0.308 e. The summed E-state index contributed by atoms with van der Waals surface area (Å²) in [5.41, 5.74) is -0.809. The second-order valence-corrected chi connectivity index (χ2v) is 5.70. The number of nitro groups is 2. The zero-order chi connectivity index (χ0) is 20.7. The Labute approximate surface area is 159 Å². The lowest BCUT2D eigenvalue weighted by Crippen LogP contribution is -2.30. The third-order valence-electron chi connectivity index (χ3n) is 3.77. The van der Waals surface area contributed by atoms with Crippen LogP contribution in [0, 0.1) is 20.2 Å². The third-order valence-corrected chi connectivity index (χ3v) is 3.77. The van der Waals surface area contributed by atoms with Gasteiger partial charge >= 0.3 is 5.97 Å². The van der Waals surface area contributed by atoms with Crippen molar-refractivity contribution in [2.75, 3.05) is 6.61 Å². The minimum Gasteiger partial charge on any atom is -0.466 e. The average Bonchev–Trinajstić information content (AvgIpc) is 2.67. The number of nitrogens with one attached hydrogen (secondary N) is 1. The highest BCUT2D eigenvalue weighted by atomic mass is 16.6. The summed E-state index contributed by atoms with van der Waals surface area (Å²) in [4.78, 5) is 44.8. The van der Waals surface area contributed by atoms with Crippen LogP contribution in [0.1, 0.15) is 35.3 Å². The molecule has 0 aliphatic heterocycles. The lowest BCUT2D eigenvalue weighted by atomic mass is 10.0. The van der Waals surface area contributed by atoms with Crippen molar-refractivity contribution in [1.29, 1.82) is 0 Å². The number of hydrogen-bond donors (Lipinski definition) is 1. The van der Waals surface area contributed by atoms with E-state index < -0.39 is 39.1 Å². The first-order valence-electron chi connectivity index (χ1n) is 8.27. The number of hydrogen-bond acceptors (Lipinski definition) is 7. The van der Waals surface area contributed by atoms with E-state index in [9.17, 15) is 29.8 Å². The van der Waals surface area contributed by atoms with Gasteiger partial charge in [0.05, 0.1) is 40.5 Å². The van der Waals surface area contributed by atoms with Crippen molar-refractivity contribution < 1.29 is 24.2 Å². The molecule has 2 aromatic carbocycles. The Morgan fingerprint density at radius 2 is 1.61 bits per heavy atom. The summed E-state index contributed by atoms with van der Waals surface area (Å²) >= 11 is 0. The number of benzene rings is 2. The Kier molecular flexibility index (Phi) is 6.74. The first-order chi connectivity index (χ1) is 13.3.